The maximum Gasteiger partial charge on any atom is 0.326 e. The van der Waals surface area contributed by atoms with E-state index in [4.69, 9.17) is 4.42 Å². The number of rotatable bonds is 4. The van der Waals surface area contributed by atoms with Gasteiger partial charge in [0, 0.05) is 13.1 Å². The number of hydrogen-bond donors (Lipinski definition) is 1. The monoisotopic (exact) mass is 294 g/mol. The van der Waals surface area contributed by atoms with E-state index in [1.165, 1.54) is 4.90 Å². The second-order valence-corrected chi connectivity index (χ2v) is 5.27. The number of carbonyl (C=O) groups excluding carboxylic acids is 1. The Morgan fingerprint density at radius 3 is 2.86 bits per heavy atom. The molecule has 1 N–H and O–H groups in total. The number of carboxylic acid groups (broad SMARTS) is 1. The van der Waals surface area contributed by atoms with E-state index in [-0.39, 0.29) is 6.03 Å². The zero-order chi connectivity index (χ0) is 15.2. The molecule has 2 amide bonds. The van der Waals surface area contributed by atoms with E-state index >= 15 is 0 Å². The number of urea groups is 1. The molecule has 0 saturated carbocycles. The van der Waals surface area contributed by atoms with Crippen molar-refractivity contribution < 1.29 is 19.1 Å². The van der Waals surface area contributed by atoms with Gasteiger partial charge in [0.25, 0.3) is 0 Å². The van der Waals surface area contributed by atoms with Crippen molar-refractivity contribution >= 4 is 12.0 Å². The minimum absolute atomic E-state index is 0.219. The minimum Gasteiger partial charge on any atom is -0.480 e. The van der Waals surface area contributed by atoms with E-state index in [0.717, 1.165) is 19.3 Å². The lowest BCUT2D eigenvalue weighted by molar-refractivity contribution is -0.142. The van der Waals surface area contributed by atoms with Gasteiger partial charge in [0.2, 0.25) is 0 Å². The van der Waals surface area contributed by atoms with Gasteiger partial charge in [-0.1, -0.05) is 12.8 Å². The highest BCUT2D eigenvalue weighted by Crippen LogP contribution is 2.19. The predicted molar refractivity (Wildman–Crippen MR) is 76.8 cm³/mol. The third kappa shape index (κ3) is 3.77. The summed E-state index contributed by atoms with van der Waals surface area (Å²) in [5.41, 5.74) is 0. The largest absolute Gasteiger partial charge is 0.480 e. The van der Waals surface area contributed by atoms with Crippen LogP contribution in [0.3, 0.4) is 0 Å². The molecule has 1 aromatic heterocycles. The highest BCUT2D eigenvalue weighted by Gasteiger charge is 2.33. The molecule has 116 valence electrons. The van der Waals surface area contributed by atoms with E-state index in [9.17, 15) is 14.7 Å². The average Bonchev–Trinajstić information content (AvgIpc) is 2.85. The van der Waals surface area contributed by atoms with Gasteiger partial charge in [0.05, 0.1) is 12.8 Å². The molecule has 1 saturated heterocycles. The zero-order valence-corrected chi connectivity index (χ0v) is 12.3. The first-order valence-corrected chi connectivity index (χ1v) is 7.44. The van der Waals surface area contributed by atoms with Crippen LogP contribution in [-0.4, -0.2) is 46.0 Å². The van der Waals surface area contributed by atoms with Crippen molar-refractivity contribution in [3.63, 3.8) is 0 Å². The number of aliphatic carboxylic acids is 1. The molecule has 1 aliphatic rings. The number of likely N-dealkylation sites (tertiary alicyclic amines) is 1. The van der Waals surface area contributed by atoms with Gasteiger partial charge >= 0.3 is 12.0 Å². The molecule has 0 aliphatic carbocycles. The number of amides is 2. The first-order chi connectivity index (χ1) is 10.1. The van der Waals surface area contributed by atoms with E-state index < -0.39 is 12.0 Å². The summed E-state index contributed by atoms with van der Waals surface area (Å²) >= 11 is 0. The molecule has 2 rings (SSSR count). The number of furan rings is 1. The zero-order valence-electron chi connectivity index (χ0n) is 12.3. The Bertz CT molecular complexity index is 472. The van der Waals surface area contributed by atoms with Gasteiger partial charge in [-0.15, -0.1) is 0 Å². The molecule has 21 heavy (non-hydrogen) atoms. The number of carbonyl (C=O) groups is 2. The topological polar surface area (TPSA) is 74.0 Å². The summed E-state index contributed by atoms with van der Waals surface area (Å²) < 4.78 is 5.27. The van der Waals surface area contributed by atoms with E-state index in [0.29, 0.717) is 31.8 Å². The Morgan fingerprint density at radius 1 is 1.43 bits per heavy atom. The average molecular weight is 294 g/mol. The van der Waals surface area contributed by atoms with Gasteiger partial charge in [-0.25, -0.2) is 9.59 Å². The van der Waals surface area contributed by atoms with E-state index in [1.807, 2.05) is 13.0 Å². The molecule has 0 spiro atoms. The Labute approximate surface area is 124 Å². The molecule has 1 fully saturated rings. The fourth-order valence-corrected chi connectivity index (χ4v) is 2.68. The summed E-state index contributed by atoms with van der Waals surface area (Å²) in [7, 11) is 0. The normalized spacial score (nSPS) is 19.1. The minimum atomic E-state index is -0.917. The molecule has 6 nitrogen and oxygen atoms in total. The fourth-order valence-electron chi connectivity index (χ4n) is 2.68. The molecule has 1 unspecified atom stereocenters. The molecular weight excluding hydrogens is 272 g/mol. The first kappa shape index (κ1) is 15.4. The van der Waals surface area contributed by atoms with Crippen LogP contribution >= 0.6 is 0 Å². The fraction of sp³-hybridized carbons (Fsp3) is 0.600. The molecule has 1 aromatic rings. The lowest BCUT2D eigenvalue weighted by atomic mass is 10.1. The van der Waals surface area contributed by atoms with Crippen LogP contribution in [0.25, 0.3) is 0 Å². The van der Waals surface area contributed by atoms with E-state index in [1.54, 1.807) is 17.2 Å². The third-order valence-corrected chi connectivity index (χ3v) is 3.86. The molecule has 0 bridgehead atoms. The smallest absolute Gasteiger partial charge is 0.326 e. The predicted octanol–water partition coefficient (Wildman–Crippen LogP) is 2.55. The van der Waals surface area contributed by atoms with Crippen LogP contribution in [0.4, 0.5) is 4.79 Å². The Morgan fingerprint density at radius 2 is 2.24 bits per heavy atom. The van der Waals surface area contributed by atoms with Crippen LogP contribution in [0.15, 0.2) is 22.8 Å². The molecule has 6 heteroatoms. The van der Waals surface area contributed by atoms with Gasteiger partial charge in [0.1, 0.15) is 11.8 Å². The van der Waals surface area contributed by atoms with Crippen LogP contribution in [0, 0.1) is 0 Å². The number of carboxylic acids is 1. The molecular formula is C15H22N2O4. The quantitative estimate of drug-likeness (QED) is 0.926. The van der Waals surface area contributed by atoms with Crippen LogP contribution in [-0.2, 0) is 11.3 Å². The number of nitrogens with zero attached hydrogens (tertiary/aromatic N) is 2. The van der Waals surface area contributed by atoms with Crippen molar-refractivity contribution in [2.24, 2.45) is 0 Å². The van der Waals surface area contributed by atoms with Gasteiger partial charge in [-0.05, 0) is 31.9 Å². The summed E-state index contributed by atoms with van der Waals surface area (Å²) in [5, 5.41) is 9.36. The summed E-state index contributed by atoms with van der Waals surface area (Å²) in [6.07, 6.45) is 4.77. The van der Waals surface area contributed by atoms with Gasteiger partial charge < -0.3 is 19.3 Å². The lowest BCUT2D eigenvalue weighted by Crippen LogP contribution is -2.50. The second kappa shape index (κ2) is 7.15. The molecule has 0 aromatic carbocycles. The van der Waals surface area contributed by atoms with Crippen molar-refractivity contribution in [1.82, 2.24) is 9.80 Å². The van der Waals surface area contributed by atoms with Crippen LogP contribution < -0.4 is 0 Å². The van der Waals surface area contributed by atoms with Gasteiger partial charge in [-0.3, -0.25) is 0 Å². The summed E-state index contributed by atoms with van der Waals surface area (Å²) in [4.78, 5) is 27.2. The standard InChI is InChI=1S/C15H22N2O4/c1-2-16(11-12-7-6-10-21-12)15(20)17-9-5-3-4-8-13(17)14(18)19/h6-7,10,13H,2-5,8-9,11H2,1H3,(H,18,19). The molecule has 2 heterocycles. The number of hydrogen-bond acceptors (Lipinski definition) is 3. The highest BCUT2D eigenvalue weighted by atomic mass is 16.4. The maximum atomic E-state index is 12.7. The molecule has 0 radical (unpaired) electrons. The van der Waals surface area contributed by atoms with Crippen molar-refractivity contribution in [2.75, 3.05) is 13.1 Å². The third-order valence-electron chi connectivity index (χ3n) is 3.86. The Kier molecular flexibility index (Phi) is 5.25. The molecule has 1 aliphatic heterocycles. The maximum absolute atomic E-state index is 12.7. The molecule has 1 atom stereocenters. The SMILES string of the molecule is CCN(Cc1ccco1)C(=O)N1CCCCCC1C(=O)O. The van der Waals surface area contributed by atoms with Crippen LogP contribution in [0.5, 0.6) is 0 Å². The van der Waals surface area contributed by atoms with Crippen molar-refractivity contribution in [3.05, 3.63) is 24.2 Å². The first-order valence-electron chi connectivity index (χ1n) is 7.44. The van der Waals surface area contributed by atoms with Gasteiger partial charge in [-0.2, -0.15) is 0 Å². The van der Waals surface area contributed by atoms with E-state index in [2.05, 4.69) is 0 Å². The lowest BCUT2D eigenvalue weighted by Gasteiger charge is -2.32. The van der Waals surface area contributed by atoms with Crippen LogP contribution in [0.1, 0.15) is 38.4 Å². The summed E-state index contributed by atoms with van der Waals surface area (Å²) in [5.74, 6) is -0.216. The van der Waals surface area contributed by atoms with Crippen LogP contribution in [0.2, 0.25) is 0 Å². The summed E-state index contributed by atoms with van der Waals surface area (Å²) in [6.45, 7) is 3.27. The van der Waals surface area contributed by atoms with Gasteiger partial charge in [0.15, 0.2) is 0 Å². The highest BCUT2D eigenvalue weighted by molar-refractivity contribution is 5.82. The van der Waals surface area contributed by atoms with Crippen molar-refractivity contribution in [3.8, 4) is 0 Å². The van der Waals surface area contributed by atoms with Crippen molar-refractivity contribution in [1.29, 1.82) is 0 Å². The summed E-state index contributed by atoms with van der Waals surface area (Å²) in [6, 6.07) is 2.65. The Balaban J connectivity index is 2.11. The van der Waals surface area contributed by atoms with Crippen molar-refractivity contribution in [2.45, 2.75) is 45.2 Å². The Hall–Kier alpha value is -1.98. The second-order valence-electron chi connectivity index (χ2n) is 5.27.